The van der Waals surface area contributed by atoms with Gasteiger partial charge in [-0.25, -0.2) is 13.1 Å². The second-order valence-electron chi connectivity index (χ2n) is 5.19. The molecule has 1 aromatic rings. The van der Waals surface area contributed by atoms with Gasteiger partial charge in [0.1, 0.15) is 0 Å². The van der Waals surface area contributed by atoms with Crippen molar-refractivity contribution in [3.05, 3.63) is 23.8 Å². The first-order chi connectivity index (χ1) is 9.54. The molecule has 1 fully saturated rings. The van der Waals surface area contributed by atoms with Crippen molar-refractivity contribution in [1.29, 1.82) is 0 Å². The summed E-state index contributed by atoms with van der Waals surface area (Å²) in [6.07, 6.45) is 2.31. The van der Waals surface area contributed by atoms with Crippen LogP contribution >= 0.6 is 0 Å². The van der Waals surface area contributed by atoms with Crippen molar-refractivity contribution in [3.8, 4) is 0 Å². The fourth-order valence-electron chi connectivity index (χ4n) is 2.60. The van der Waals surface area contributed by atoms with Crippen LogP contribution in [0, 0.1) is 0 Å². The highest BCUT2D eigenvalue weighted by atomic mass is 32.2. The standard InChI is InChI=1S/C13H17N3O3S/c17-13-7-9-6-11(3-4-12(9)16-13)20(18,19)15-8-10-2-1-5-14-10/h3-4,6,10,14-15H,1-2,5,7-8H2,(H,16,17). The van der Waals surface area contributed by atoms with Gasteiger partial charge < -0.3 is 10.6 Å². The van der Waals surface area contributed by atoms with E-state index in [0.717, 1.165) is 24.9 Å². The molecule has 0 radical (unpaired) electrons. The molecular formula is C13H17N3O3S. The molecule has 6 nitrogen and oxygen atoms in total. The van der Waals surface area contributed by atoms with E-state index in [1.165, 1.54) is 6.07 Å². The first-order valence-electron chi connectivity index (χ1n) is 6.70. The summed E-state index contributed by atoms with van der Waals surface area (Å²) >= 11 is 0. The summed E-state index contributed by atoms with van der Waals surface area (Å²) < 4.78 is 27.1. The molecule has 2 heterocycles. The second-order valence-corrected chi connectivity index (χ2v) is 6.96. The zero-order valence-corrected chi connectivity index (χ0v) is 11.8. The van der Waals surface area contributed by atoms with Crippen LogP contribution in [0.1, 0.15) is 18.4 Å². The summed E-state index contributed by atoms with van der Waals surface area (Å²) in [6, 6.07) is 4.94. The molecule has 1 atom stereocenters. The summed E-state index contributed by atoms with van der Waals surface area (Å²) in [5.41, 5.74) is 1.43. The molecular weight excluding hydrogens is 278 g/mol. The van der Waals surface area contributed by atoms with Crippen LogP contribution in [-0.4, -0.2) is 33.5 Å². The molecule has 1 saturated heterocycles. The highest BCUT2D eigenvalue weighted by Gasteiger charge is 2.23. The fourth-order valence-corrected chi connectivity index (χ4v) is 3.73. The first-order valence-corrected chi connectivity index (χ1v) is 8.19. The molecule has 1 unspecified atom stereocenters. The van der Waals surface area contributed by atoms with Crippen LogP contribution in [0.2, 0.25) is 0 Å². The largest absolute Gasteiger partial charge is 0.326 e. The first kappa shape index (κ1) is 13.5. The summed E-state index contributed by atoms with van der Waals surface area (Å²) in [5.74, 6) is -0.0994. The van der Waals surface area contributed by atoms with Gasteiger partial charge in [-0.1, -0.05) is 0 Å². The molecule has 0 saturated carbocycles. The number of hydrogen-bond acceptors (Lipinski definition) is 4. The number of amides is 1. The van der Waals surface area contributed by atoms with Crippen LogP contribution in [0.4, 0.5) is 5.69 Å². The Kier molecular flexibility index (Phi) is 3.49. The Balaban J connectivity index is 1.74. The lowest BCUT2D eigenvalue weighted by Crippen LogP contribution is -2.37. The van der Waals surface area contributed by atoms with Gasteiger partial charge >= 0.3 is 0 Å². The van der Waals surface area contributed by atoms with Gasteiger partial charge in [-0.3, -0.25) is 4.79 Å². The molecule has 20 heavy (non-hydrogen) atoms. The Morgan fingerprint density at radius 3 is 2.95 bits per heavy atom. The summed E-state index contributed by atoms with van der Waals surface area (Å²) in [7, 11) is -3.52. The number of nitrogens with one attached hydrogen (secondary N) is 3. The Labute approximate surface area is 118 Å². The van der Waals surface area contributed by atoms with Crippen molar-refractivity contribution in [1.82, 2.24) is 10.0 Å². The van der Waals surface area contributed by atoms with Crippen LogP contribution in [0.3, 0.4) is 0 Å². The predicted octanol–water partition coefficient (Wildman–Crippen LogP) is 0.211. The van der Waals surface area contributed by atoms with Crippen LogP contribution in [0.25, 0.3) is 0 Å². The van der Waals surface area contributed by atoms with Crippen molar-refractivity contribution < 1.29 is 13.2 Å². The third-order valence-corrected chi connectivity index (χ3v) is 5.12. The maximum Gasteiger partial charge on any atom is 0.240 e. The van der Waals surface area contributed by atoms with E-state index in [1.807, 2.05) is 0 Å². The minimum atomic E-state index is -3.52. The van der Waals surface area contributed by atoms with E-state index in [0.29, 0.717) is 12.2 Å². The summed E-state index contributed by atoms with van der Waals surface area (Å²) in [5, 5.41) is 5.94. The quantitative estimate of drug-likeness (QED) is 0.741. The topological polar surface area (TPSA) is 87.3 Å². The van der Waals surface area contributed by atoms with Gasteiger partial charge in [-0.2, -0.15) is 0 Å². The molecule has 0 aromatic heterocycles. The Hall–Kier alpha value is -1.44. The number of fused-ring (bicyclic) bond motifs is 1. The number of rotatable bonds is 4. The number of anilines is 1. The van der Waals surface area contributed by atoms with E-state index in [2.05, 4.69) is 15.4 Å². The van der Waals surface area contributed by atoms with E-state index in [4.69, 9.17) is 0 Å². The van der Waals surface area contributed by atoms with Crippen LogP contribution < -0.4 is 15.4 Å². The molecule has 3 N–H and O–H groups in total. The van der Waals surface area contributed by atoms with Gasteiger partial charge in [0.2, 0.25) is 15.9 Å². The minimum absolute atomic E-state index is 0.0994. The third kappa shape index (κ3) is 2.70. The SMILES string of the molecule is O=C1Cc2cc(S(=O)(=O)NCC3CCCN3)ccc2N1. The van der Waals surface area contributed by atoms with Crippen molar-refractivity contribution in [2.24, 2.45) is 0 Å². The van der Waals surface area contributed by atoms with Gasteiger partial charge in [-0.15, -0.1) is 0 Å². The molecule has 1 amide bonds. The van der Waals surface area contributed by atoms with Gasteiger partial charge in [0, 0.05) is 18.3 Å². The van der Waals surface area contributed by atoms with Crippen molar-refractivity contribution in [3.63, 3.8) is 0 Å². The van der Waals surface area contributed by atoms with Crippen LogP contribution in [0.5, 0.6) is 0 Å². The highest BCUT2D eigenvalue weighted by Crippen LogP contribution is 2.25. The van der Waals surface area contributed by atoms with E-state index in [9.17, 15) is 13.2 Å². The molecule has 0 aliphatic carbocycles. The maximum absolute atomic E-state index is 12.2. The summed E-state index contributed by atoms with van der Waals surface area (Å²) in [6.45, 7) is 1.34. The Morgan fingerprint density at radius 1 is 1.35 bits per heavy atom. The molecule has 2 aliphatic rings. The molecule has 7 heteroatoms. The average molecular weight is 295 g/mol. The zero-order chi connectivity index (χ0) is 14.2. The Bertz CT molecular complexity index is 636. The number of benzene rings is 1. The van der Waals surface area contributed by atoms with Crippen LogP contribution in [-0.2, 0) is 21.2 Å². The van der Waals surface area contributed by atoms with E-state index in [1.54, 1.807) is 12.1 Å². The van der Waals surface area contributed by atoms with Crippen molar-refractivity contribution in [2.75, 3.05) is 18.4 Å². The lowest BCUT2D eigenvalue weighted by atomic mass is 10.2. The smallest absolute Gasteiger partial charge is 0.240 e. The normalized spacial score (nSPS) is 21.8. The predicted molar refractivity (Wildman–Crippen MR) is 75.0 cm³/mol. The lowest BCUT2D eigenvalue weighted by Gasteiger charge is -2.12. The fraction of sp³-hybridized carbons (Fsp3) is 0.462. The molecule has 1 aromatic carbocycles. The number of carbonyl (C=O) groups is 1. The van der Waals surface area contributed by atoms with Crippen molar-refractivity contribution >= 4 is 21.6 Å². The zero-order valence-electron chi connectivity index (χ0n) is 11.0. The number of hydrogen-bond donors (Lipinski definition) is 3. The Morgan fingerprint density at radius 2 is 2.20 bits per heavy atom. The number of sulfonamides is 1. The average Bonchev–Trinajstić information content (AvgIpc) is 3.03. The monoisotopic (exact) mass is 295 g/mol. The van der Waals surface area contributed by atoms with E-state index < -0.39 is 10.0 Å². The van der Waals surface area contributed by atoms with Gasteiger partial charge in [0.05, 0.1) is 11.3 Å². The van der Waals surface area contributed by atoms with E-state index in [-0.39, 0.29) is 23.3 Å². The van der Waals surface area contributed by atoms with Gasteiger partial charge in [-0.05, 0) is 43.1 Å². The highest BCUT2D eigenvalue weighted by molar-refractivity contribution is 7.89. The molecule has 0 spiro atoms. The van der Waals surface area contributed by atoms with Gasteiger partial charge in [0.15, 0.2) is 0 Å². The molecule has 3 rings (SSSR count). The van der Waals surface area contributed by atoms with E-state index >= 15 is 0 Å². The number of carbonyl (C=O) groups excluding carboxylic acids is 1. The third-order valence-electron chi connectivity index (χ3n) is 3.69. The van der Waals surface area contributed by atoms with Crippen LogP contribution in [0.15, 0.2) is 23.1 Å². The van der Waals surface area contributed by atoms with Crippen molar-refractivity contribution in [2.45, 2.75) is 30.2 Å². The second kappa shape index (κ2) is 5.16. The van der Waals surface area contributed by atoms with Gasteiger partial charge in [0.25, 0.3) is 0 Å². The molecule has 2 aliphatic heterocycles. The lowest BCUT2D eigenvalue weighted by molar-refractivity contribution is -0.115. The molecule has 0 bridgehead atoms. The maximum atomic E-state index is 12.2. The summed E-state index contributed by atoms with van der Waals surface area (Å²) in [4.78, 5) is 11.5. The minimum Gasteiger partial charge on any atom is -0.326 e. The molecule has 108 valence electrons.